The number of nitrogens with one attached hydrogen (secondary N) is 2. The van der Waals surface area contributed by atoms with Crippen LogP contribution in [0.3, 0.4) is 0 Å². The molecule has 6 nitrogen and oxygen atoms in total. The van der Waals surface area contributed by atoms with Crippen LogP contribution in [0, 0.1) is 5.92 Å². The first-order valence-corrected chi connectivity index (χ1v) is 7.47. The molecule has 2 rings (SSSR count). The Morgan fingerprint density at radius 1 is 1.23 bits per heavy atom. The molecule has 0 aliphatic heterocycles. The molecule has 0 radical (unpaired) electrons. The second-order valence-corrected chi connectivity index (χ2v) is 5.53. The highest BCUT2D eigenvalue weighted by molar-refractivity contribution is 5.87. The molecule has 2 atom stereocenters. The summed E-state index contributed by atoms with van der Waals surface area (Å²) in [4.78, 5) is 22.5. The number of aromatic carboxylic acids is 1. The maximum Gasteiger partial charge on any atom is 0.335 e. The molecule has 0 spiro atoms. The lowest BCUT2D eigenvalue weighted by atomic mass is 10.1. The molecular formula is C16H22N2O4. The molecule has 0 saturated heterocycles. The predicted octanol–water partition coefficient (Wildman–Crippen LogP) is 2.00. The van der Waals surface area contributed by atoms with Gasteiger partial charge in [-0.1, -0.05) is 18.6 Å². The van der Waals surface area contributed by atoms with E-state index in [9.17, 15) is 9.59 Å². The van der Waals surface area contributed by atoms with Gasteiger partial charge in [-0.2, -0.15) is 0 Å². The largest absolute Gasteiger partial charge is 0.478 e. The molecule has 1 saturated carbocycles. The van der Waals surface area contributed by atoms with Crippen LogP contribution >= 0.6 is 0 Å². The Balaban J connectivity index is 1.72. The topological polar surface area (TPSA) is 87.7 Å². The fourth-order valence-corrected chi connectivity index (χ4v) is 2.78. The molecule has 3 N–H and O–H groups in total. The highest BCUT2D eigenvalue weighted by Crippen LogP contribution is 2.26. The number of carbonyl (C=O) groups excluding carboxylic acids is 1. The highest BCUT2D eigenvalue weighted by Gasteiger charge is 2.27. The van der Waals surface area contributed by atoms with E-state index in [1.165, 1.54) is 12.1 Å². The number of hydrogen-bond donors (Lipinski definition) is 3. The molecule has 22 heavy (non-hydrogen) atoms. The SMILES string of the molecule is COC1CCCC1CNC(=O)NCc1ccc(C(=O)O)cc1. The molecule has 1 aromatic rings. The van der Waals surface area contributed by atoms with Crippen molar-refractivity contribution in [1.29, 1.82) is 0 Å². The van der Waals surface area contributed by atoms with Crippen molar-refractivity contribution in [2.24, 2.45) is 5.92 Å². The van der Waals surface area contributed by atoms with E-state index in [0.717, 1.165) is 24.8 Å². The lowest BCUT2D eigenvalue weighted by Crippen LogP contribution is -2.39. The Labute approximate surface area is 129 Å². The van der Waals surface area contributed by atoms with E-state index in [1.807, 2.05) is 0 Å². The number of methoxy groups -OCH3 is 1. The zero-order valence-corrected chi connectivity index (χ0v) is 12.7. The molecule has 1 fully saturated rings. The molecule has 0 aromatic heterocycles. The Morgan fingerprint density at radius 2 is 1.95 bits per heavy atom. The lowest BCUT2D eigenvalue weighted by Gasteiger charge is -2.18. The van der Waals surface area contributed by atoms with E-state index in [1.54, 1.807) is 19.2 Å². The van der Waals surface area contributed by atoms with Gasteiger partial charge in [0.25, 0.3) is 0 Å². The van der Waals surface area contributed by atoms with Crippen LogP contribution < -0.4 is 10.6 Å². The van der Waals surface area contributed by atoms with Gasteiger partial charge in [0.15, 0.2) is 0 Å². The Bertz CT molecular complexity index is 515. The number of amides is 2. The summed E-state index contributed by atoms with van der Waals surface area (Å²) in [6.45, 7) is 0.979. The quantitative estimate of drug-likeness (QED) is 0.750. The maximum atomic E-state index is 11.8. The Kier molecular flexibility index (Phi) is 5.77. The van der Waals surface area contributed by atoms with Crippen LogP contribution in [0.1, 0.15) is 35.2 Å². The van der Waals surface area contributed by atoms with Crippen LogP contribution in [-0.4, -0.2) is 36.9 Å². The molecular weight excluding hydrogens is 284 g/mol. The minimum atomic E-state index is -0.957. The van der Waals surface area contributed by atoms with Gasteiger partial charge in [-0.25, -0.2) is 9.59 Å². The normalized spacial score (nSPS) is 20.6. The minimum Gasteiger partial charge on any atom is -0.478 e. The predicted molar refractivity (Wildman–Crippen MR) is 81.8 cm³/mol. The maximum absolute atomic E-state index is 11.8. The molecule has 2 unspecified atom stereocenters. The van der Waals surface area contributed by atoms with E-state index in [4.69, 9.17) is 9.84 Å². The first-order chi connectivity index (χ1) is 10.6. The monoisotopic (exact) mass is 306 g/mol. The van der Waals surface area contributed by atoms with E-state index in [2.05, 4.69) is 10.6 Å². The summed E-state index contributed by atoms with van der Waals surface area (Å²) < 4.78 is 5.40. The fraction of sp³-hybridized carbons (Fsp3) is 0.500. The number of benzene rings is 1. The molecule has 1 aliphatic rings. The van der Waals surface area contributed by atoms with Gasteiger partial charge in [-0.05, 0) is 30.5 Å². The average molecular weight is 306 g/mol. The van der Waals surface area contributed by atoms with Crippen molar-refractivity contribution < 1.29 is 19.4 Å². The fourth-order valence-electron chi connectivity index (χ4n) is 2.78. The third kappa shape index (κ3) is 4.46. The second-order valence-electron chi connectivity index (χ2n) is 5.53. The van der Waals surface area contributed by atoms with Gasteiger partial charge < -0.3 is 20.5 Å². The summed E-state index contributed by atoms with van der Waals surface area (Å²) in [6.07, 6.45) is 3.52. The zero-order valence-electron chi connectivity index (χ0n) is 12.7. The molecule has 120 valence electrons. The highest BCUT2D eigenvalue weighted by atomic mass is 16.5. The van der Waals surface area contributed by atoms with Crippen LogP contribution in [-0.2, 0) is 11.3 Å². The number of urea groups is 1. The van der Waals surface area contributed by atoms with Crippen molar-refractivity contribution >= 4 is 12.0 Å². The molecule has 1 aliphatic carbocycles. The van der Waals surface area contributed by atoms with Crippen LogP contribution in [0.4, 0.5) is 4.79 Å². The van der Waals surface area contributed by atoms with E-state index in [-0.39, 0.29) is 17.7 Å². The number of carboxylic acids is 1. The van der Waals surface area contributed by atoms with Gasteiger partial charge in [0.05, 0.1) is 11.7 Å². The third-order valence-electron chi connectivity index (χ3n) is 4.07. The van der Waals surface area contributed by atoms with Gasteiger partial charge in [0, 0.05) is 26.1 Å². The molecule has 1 aromatic carbocycles. The van der Waals surface area contributed by atoms with Gasteiger partial charge in [0.2, 0.25) is 0 Å². The minimum absolute atomic E-state index is 0.218. The number of carbonyl (C=O) groups is 2. The van der Waals surface area contributed by atoms with Crippen molar-refractivity contribution in [2.75, 3.05) is 13.7 Å². The lowest BCUT2D eigenvalue weighted by molar-refractivity contribution is 0.0696. The van der Waals surface area contributed by atoms with Crippen molar-refractivity contribution in [3.05, 3.63) is 35.4 Å². The van der Waals surface area contributed by atoms with Gasteiger partial charge in [-0.15, -0.1) is 0 Å². The van der Waals surface area contributed by atoms with E-state index >= 15 is 0 Å². The Morgan fingerprint density at radius 3 is 2.59 bits per heavy atom. The number of carboxylic acid groups (broad SMARTS) is 1. The van der Waals surface area contributed by atoms with E-state index in [0.29, 0.717) is 19.0 Å². The number of rotatable bonds is 6. The van der Waals surface area contributed by atoms with Crippen LogP contribution in [0.15, 0.2) is 24.3 Å². The summed E-state index contributed by atoms with van der Waals surface area (Å²) >= 11 is 0. The van der Waals surface area contributed by atoms with Gasteiger partial charge in [0.1, 0.15) is 0 Å². The molecule has 0 bridgehead atoms. The van der Waals surface area contributed by atoms with E-state index < -0.39 is 5.97 Å². The third-order valence-corrected chi connectivity index (χ3v) is 4.07. The smallest absolute Gasteiger partial charge is 0.335 e. The average Bonchev–Trinajstić information content (AvgIpc) is 2.98. The van der Waals surface area contributed by atoms with Crippen LogP contribution in [0.5, 0.6) is 0 Å². The first-order valence-electron chi connectivity index (χ1n) is 7.47. The van der Waals surface area contributed by atoms with Gasteiger partial charge in [-0.3, -0.25) is 0 Å². The standard InChI is InChI=1S/C16H22N2O4/c1-22-14-4-2-3-13(14)10-18-16(21)17-9-11-5-7-12(8-6-11)15(19)20/h5-8,13-14H,2-4,9-10H2,1H3,(H,19,20)(H2,17,18,21). The van der Waals surface area contributed by atoms with Crippen LogP contribution in [0.25, 0.3) is 0 Å². The Hall–Kier alpha value is -2.08. The zero-order chi connectivity index (χ0) is 15.9. The second kappa shape index (κ2) is 7.79. The number of hydrogen-bond acceptors (Lipinski definition) is 3. The first kappa shape index (κ1) is 16.3. The summed E-state index contributed by atoms with van der Waals surface area (Å²) in [5.41, 5.74) is 1.09. The summed E-state index contributed by atoms with van der Waals surface area (Å²) in [5.74, 6) is -0.577. The molecule has 0 heterocycles. The van der Waals surface area contributed by atoms with Gasteiger partial charge >= 0.3 is 12.0 Å². The summed E-state index contributed by atoms with van der Waals surface area (Å²) in [7, 11) is 1.71. The number of ether oxygens (including phenoxy) is 1. The van der Waals surface area contributed by atoms with Crippen molar-refractivity contribution in [3.8, 4) is 0 Å². The molecule has 2 amide bonds. The van der Waals surface area contributed by atoms with Crippen molar-refractivity contribution in [1.82, 2.24) is 10.6 Å². The summed E-state index contributed by atoms with van der Waals surface area (Å²) in [5, 5.41) is 14.5. The molecule has 6 heteroatoms. The van der Waals surface area contributed by atoms with Crippen molar-refractivity contribution in [2.45, 2.75) is 31.9 Å². The van der Waals surface area contributed by atoms with Crippen LogP contribution in [0.2, 0.25) is 0 Å². The van der Waals surface area contributed by atoms with Crippen molar-refractivity contribution in [3.63, 3.8) is 0 Å². The summed E-state index contributed by atoms with van der Waals surface area (Å²) in [6, 6.07) is 6.23.